The topological polar surface area (TPSA) is 78.9 Å². The van der Waals surface area contributed by atoms with Crippen LogP contribution in [0.5, 0.6) is 0 Å². The number of nitrogens with zero attached hydrogens (tertiary/aromatic N) is 1. The maximum Gasteiger partial charge on any atom is 0.437 e. The molecular formula is C15H15F5N2O4. The molecule has 0 radical (unpaired) electrons. The van der Waals surface area contributed by atoms with Crippen LogP contribution in [0.15, 0.2) is 18.2 Å². The van der Waals surface area contributed by atoms with Gasteiger partial charge in [-0.05, 0) is 24.6 Å². The van der Waals surface area contributed by atoms with E-state index in [1.54, 1.807) is 0 Å². The molecule has 1 heterocycles. The highest BCUT2D eigenvalue weighted by molar-refractivity contribution is 5.83. The molecule has 1 aromatic rings. The number of halogens is 5. The minimum Gasteiger partial charge on any atom is -0.466 e. The van der Waals surface area contributed by atoms with Crippen molar-refractivity contribution in [3.8, 4) is 0 Å². The van der Waals surface area contributed by atoms with Crippen molar-refractivity contribution in [2.75, 3.05) is 13.7 Å². The molecule has 0 spiro atoms. The van der Waals surface area contributed by atoms with E-state index in [-0.39, 0.29) is 17.1 Å². The minimum absolute atomic E-state index is 0.0784. The van der Waals surface area contributed by atoms with E-state index in [4.69, 9.17) is 0 Å². The van der Waals surface area contributed by atoms with Gasteiger partial charge in [-0.25, -0.2) is 13.6 Å². The highest BCUT2D eigenvalue weighted by Crippen LogP contribution is 2.46. The molecule has 1 saturated heterocycles. The van der Waals surface area contributed by atoms with Gasteiger partial charge in [0.1, 0.15) is 5.92 Å². The number of rotatable bonds is 3. The second kappa shape index (κ2) is 6.71. The molecule has 144 valence electrons. The van der Waals surface area contributed by atoms with Crippen LogP contribution < -0.4 is 5.32 Å². The van der Waals surface area contributed by atoms with Crippen molar-refractivity contribution in [1.82, 2.24) is 10.2 Å². The van der Waals surface area contributed by atoms with Gasteiger partial charge in [0.2, 0.25) is 0 Å². The number of urea groups is 1. The fraction of sp³-hybridized carbons (Fsp3) is 0.467. The number of carbonyl (C=O) groups is 2. The maximum atomic E-state index is 13.6. The third-order valence-electron chi connectivity index (χ3n) is 4.12. The van der Waals surface area contributed by atoms with Crippen molar-refractivity contribution in [2.24, 2.45) is 5.92 Å². The number of nitrogens with one attached hydrogen (secondary N) is 1. The number of amides is 2. The summed E-state index contributed by atoms with van der Waals surface area (Å²) in [6.07, 6.45) is -5.44. The largest absolute Gasteiger partial charge is 0.466 e. The molecule has 3 atom stereocenters. The molecule has 0 aliphatic carbocycles. The SMILES string of the molecule is CCOC(=O)[C@H]1[C@H](c2ccc(F)c(F)c2)NC(=O)N(C)[C@]1(O)C(F)(F)F. The average molecular weight is 382 g/mol. The molecule has 0 aromatic heterocycles. The summed E-state index contributed by atoms with van der Waals surface area (Å²) in [5.41, 5.74) is -4.26. The Morgan fingerprint density at radius 1 is 1.35 bits per heavy atom. The lowest BCUT2D eigenvalue weighted by Gasteiger charge is -2.49. The summed E-state index contributed by atoms with van der Waals surface area (Å²) in [6, 6.07) is -1.10. The fourth-order valence-electron chi connectivity index (χ4n) is 2.79. The standard InChI is InChI=1S/C15H15F5N2O4/c1-3-26-12(23)10-11(7-4-5-8(16)9(17)6-7)21-13(24)22(2)14(10,25)15(18,19)20/h4-6,10-11,25H,3H2,1-2H3,(H,21,24)/t10-,11+,14-/m1/s1. The van der Waals surface area contributed by atoms with Crippen LogP contribution in [0.25, 0.3) is 0 Å². The molecule has 0 unspecified atom stereocenters. The predicted molar refractivity (Wildman–Crippen MR) is 76.5 cm³/mol. The van der Waals surface area contributed by atoms with Crippen molar-refractivity contribution in [2.45, 2.75) is 24.9 Å². The van der Waals surface area contributed by atoms with Crippen LogP contribution in [0.1, 0.15) is 18.5 Å². The zero-order valence-electron chi connectivity index (χ0n) is 13.6. The molecule has 6 nitrogen and oxygen atoms in total. The van der Waals surface area contributed by atoms with Crippen LogP contribution in [0, 0.1) is 17.6 Å². The van der Waals surface area contributed by atoms with Gasteiger partial charge in [0.05, 0.1) is 12.6 Å². The van der Waals surface area contributed by atoms with E-state index in [0.29, 0.717) is 19.2 Å². The van der Waals surface area contributed by atoms with Crippen LogP contribution in [0.3, 0.4) is 0 Å². The van der Waals surface area contributed by atoms with Crippen molar-refractivity contribution in [3.05, 3.63) is 35.4 Å². The van der Waals surface area contributed by atoms with Gasteiger partial charge < -0.3 is 15.2 Å². The quantitative estimate of drug-likeness (QED) is 0.620. The Morgan fingerprint density at radius 3 is 2.46 bits per heavy atom. The minimum atomic E-state index is -5.44. The molecule has 0 saturated carbocycles. The Labute approximate surface area is 144 Å². The first kappa shape index (κ1) is 19.9. The molecule has 2 amide bonds. The van der Waals surface area contributed by atoms with Gasteiger partial charge in [0, 0.05) is 7.05 Å². The van der Waals surface area contributed by atoms with Gasteiger partial charge in [0.25, 0.3) is 5.72 Å². The van der Waals surface area contributed by atoms with Gasteiger partial charge >= 0.3 is 18.2 Å². The Hall–Kier alpha value is -2.43. The lowest BCUT2D eigenvalue weighted by atomic mass is 9.81. The van der Waals surface area contributed by atoms with Gasteiger partial charge in [-0.15, -0.1) is 0 Å². The Kier molecular flexibility index (Phi) is 5.13. The normalized spacial score (nSPS) is 26.5. The van der Waals surface area contributed by atoms with Crippen LogP contribution >= 0.6 is 0 Å². The smallest absolute Gasteiger partial charge is 0.437 e. The summed E-state index contributed by atoms with van der Waals surface area (Å²) in [6.45, 7) is 1.04. The van der Waals surface area contributed by atoms with Gasteiger partial charge in [0.15, 0.2) is 11.6 Å². The molecule has 1 fully saturated rings. The molecule has 1 aliphatic rings. The molecule has 11 heteroatoms. The predicted octanol–water partition coefficient (Wildman–Crippen LogP) is 2.09. The molecule has 1 aliphatic heterocycles. The monoisotopic (exact) mass is 382 g/mol. The van der Waals surface area contributed by atoms with Crippen LogP contribution in [-0.4, -0.2) is 47.6 Å². The van der Waals surface area contributed by atoms with Crippen LogP contribution in [0.2, 0.25) is 0 Å². The molecular weight excluding hydrogens is 367 g/mol. The number of ether oxygens (including phenoxy) is 1. The van der Waals surface area contributed by atoms with E-state index in [1.165, 1.54) is 6.92 Å². The maximum absolute atomic E-state index is 13.6. The van der Waals surface area contributed by atoms with Crippen molar-refractivity contribution in [3.63, 3.8) is 0 Å². The zero-order chi connectivity index (χ0) is 19.9. The number of benzene rings is 1. The van der Waals surface area contributed by atoms with E-state index in [1.807, 2.05) is 0 Å². The third-order valence-corrected chi connectivity index (χ3v) is 4.12. The molecule has 1 aromatic carbocycles. The van der Waals surface area contributed by atoms with E-state index in [0.717, 1.165) is 6.07 Å². The average Bonchev–Trinajstić information content (AvgIpc) is 2.54. The molecule has 0 bridgehead atoms. The van der Waals surface area contributed by atoms with Gasteiger partial charge in [-0.3, -0.25) is 9.69 Å². The second-order valence-electron chi connectivity index (χ2n) is 5.61. The summed E-state index contributed by atoms with van der Waals surface area (Å²) in [4.78, 5) is 24.1. The molecule has 26 heavy (non-hydrogen) atoms. The number of hydrogen-bond acceptors (Lipinski definition) is 4. The number of hydrogen-bond donors (Lipinski definition) is 2. The molecule has 2 rings (SSSR count). The van der Waals surface area contributed by atoms with Crippen molar-refractivity contribution >= 4 is 12.0 Å². The summed E-state index contributed by atoms with van der Waals surface area (Å²) in [7, 11) is 0.649. The summed E-state index contributed by atoms with van der Waals surface area (Å²) >= 11 is 0. The zero-order valence-corrected chi connectivity index (χ0v) is 13.6. The Bertz CT molecular complexity index is 726. The number of carbonyl (C=O) groups excluding carboxylic acids is 2. The summed E-state index contributed by atoms with van der Waals surface area (Å²) in [5, 5.41) is 12.4. The highest BCUT2D eigenvalue weighted by Gasteiger charge is 2.69. The number of esters is 1. The second-order valence-corrected chi connectivity index (χ2v) is 5.61. The third kappa shape index (κ3) is 3.06. The summed E-state index contributed by atoms with van der Waals surface area (Å²) < 4.78 is 72.1. The van der Waals surface area contributed by atoms with E-state index >= 15 is 0 Å². The van der Waals surface area contributed by atoms with Gasteiger partial charge in [-0.2, -0.15) is 13.2 Å². The van der Waals surface area contributed by atoms with Crippen LogP contribution in [-0.2, 0) is 9.53 Å². The first-order chi connectivity index (χ1) is 11.9. The van der Waals surface area contributed by atoms with Gasteiger partial charge in [-0.1, -0.05) is 6.07 Å². The van der Waals surface area contributed by atoms with E-state index in [9.17, 15) is 36.6 Å². The van der Waals surface area contributed by atoms with E-state index < -0.39 is 47.5 Å². The first-order valence-corrected chi connectivity index (χ1v) is 7.40. The van der Waals surface area contributed by atoms with Crippen LogP contribution in [0.4, 0.5) is 26.7 Å². The lowest BCUT2D eigenvalue weighted by molar-refractivity contribution is -0.328. The fourth-order valence-corrected chi connectivity index (χ4v) is 2.79. The Balaban J connectivity index is 2.66. The summed E-state index contributed by atoms with van der Waals surface area (Å²) in [5.74, 6) is -6.51. The highest BCUT2D eigenvalue weighted by atomic mass is 19.4. The first-order valence-electron chi connectivity index (χ1n) is 7.40. The number of aliphatic hydroxyl groups is 1. The number of alkyl halides is 3. The lowest BCUT2D eigenvalue weighted by Crippen LogP contribution is -2.73. The van der Waals surface area contributed by atoms with Crippen molar-refractivity contribution < 1.29 is 41.4 Å². The van der Waals surface area contributed by atoms with Crippen molar-refractivity contribution in [1.29, 1.82) is 0 Å². The van der Waals surface area contributed by atoms with E-state index in [2.05, 4.69) is 10.1 Å². The Morgan fingerprint density at radius 2 is 1.96 bits per heavy atom. The molecule has 2 N–H and O–H groups in total.